The summed E-state index contributed by atoms with van der Waals surface area (Å²) < 4.78 is 9.33. The molecule has 5 nitrogen and oxygen atoms in total. The Kier molecular flexibility index (Phi) is 6.33. The molecule has 0 aromatic heterocycles. The van der Waals surface area contributed by atoms with Crippen LogP contribution in [0.4, 0.5) is 0 Å². The molecule has 1 atom stereocenters. The second-order valence-corrected chi connectivity index (χ2v) is 2.92. The predicted octanol–water partition coefficient (Wildman–Crippen LogP) is 0.708. The van der Waals surface area contributed by atoms with Crippen molar-refractivity contribution in [1.29, 1.82) is 0 Å². The summed E-state index contributed by atoms with van der Waals surface area (Å²) in [7, 11) is 0. The van der Waals surface area contributed by atoms with E-state index in [1.54, 1.807) is 13.8 Å². The molecule has 0 heterocycles. The fourth-order valence-corrected chi connectivity index (χ4v) is 1.02. The van der Waals surface area contributed by atoms with Gasteiger partial charge in [0.2, 0.25) is 0 Å². The quantitative estimate of drug-likeness (QED) is 0.376. The maximum absolute atomic E-state index is 11.3. The zero-order chi connectivity index (χ0) is 11.8. The first-order chi connectivity index (χ1) is 7.02. The van der Waals surface area contributed by atoms with Crippen LogP contribution in [-0.4, -0.2) is 30.9 Å². The summed E-state index contributed by atoms with van der Waals surface area (Å²) in [5.41, 5.74) is 0. The maximum atomic E-state index is 11.3. The van der Waals surface area contributed by atoms with E-state index in [0.717, 1.165) is 0 Å². The third-order valence-corrected chi connectivity index (χ3v) is 1.74. The number of rotatable bonds is 6. The highest BCUT2D eigenvalue weighted by Crippen LogP contribution is 2.08. The van der Waals surface area contributed by atoms with Gasteiger partial charge in [0, 0.05) is 0 Å². The molecule has 0 N–H and O–H groups in total. The van der Waals surface area contributed by atoms with E-state index in [-0.39, 0.29) is 25.4 Å². The lowest BCUT2D eigenvalue weighted by Crippen LogP contribution is -2.27. The van der Waals surface area contributed by atoms with Gasteiger partial charge < -0.3 is 9.47 Å². The molecule has 0 aliphatic rings. The van der Waals surface area contributed by atoms with Gasteiger partial charge in [0.15, 0.2) is 0 Å². The first kappa shape index (κ1) is 13.6. The number of ketones is 1. The van der Waals surface area contributed by atoms with Crippen molar-refractivity contribution < 1.29 is 23.9 Å². The first-order valence-electron chi connectivity index (χ1n) is 4.85. The zero-order valence-corrected chi connectivity index (χ0v) is 9.24. The van der Waals surface area contributed by atoms with Gasteiger partial charge in [0.25, 0.3) is 0 Å². The molecule has 0 amide bonds. The fraction of sp³-hybridized carbons (Fsp3) is 0.700. The van der Waals surface area contributed by atoms with E-state index in [9.17, 15) is 14.4 Å². The molecule has 0 aliphatic carbocycles. The zero-order valence-electron chi connectivity index (χ0n) is 9.24. The van der Waals surface area contributed by atoms with Crippen molar-refractivity contribution in [3.8, 4) is 0 Å². The lowest BCUT2D eigenvalue weighted by Gasteiger charge is -2.11. The highest BCUT2D eigenvalue weighted by molar-refractivity contribution is 6.00. The summed E-state index contributed by atoms with van der Waals surface area (Å²) in [6.07, 6.45) is -0.248. The van der Waals surface area contributed by atoms with E-state index < -0.39 is 17.9 Å². The minimum absolute atomic E-state index is 0.186. The van der Waals surface area contributed by atoms with E-state index in [4.69, 9.17) is 0 Å². The summed E-state index contributed by atoms with van der Waals surface area (Å²) in [5.74, 6) is -2.66. The second kappa shape index (κ2) is 6.98. The molecule has 5 heteroatoms. The van der Waals surface area contributed by atoms with E-state index in [1.165, 1.54) is 6.92 Å². The number of hydrogen-bond acceptors (Lipinski definition) is 5. The summed E-state index contributed by atoms with van der Waals surface area (Å²) in [6.45, 7) is 4.96. The Morgan fingerprint density at radius 3 is 2.00 bits per heavy atom. The van der Waals surface area contributed by atoms with Crippen molar-refractivity contribution in [2.24, 2.45) is 5.92 Å². The van der Waals surface area contributed by atoms with Gasteiger partial charge >= 0.3 is 11.9 Å². The van der Waals surface area contributed by atoms with Gasteiger partial charge in [-0.15, -0.1) is 0 Å². The van der Waals surface area contributed by atoms with Crippen LogP contribution in [-0.2, 0) is 23.9 Å². The molecule has 0 spiro atoms. The molecular weight excluding hydrogens is 206 g/mol. The van der Waals surface area contributed by atoms with Crippen LogP contribution >= 0.6 is 0 Å². The Labute approximate surface area is 88.7 Å². The molecule has 0 aliphatic heterocycles. The van der Waals surface area contributed by atoms with Crippen LogP contribution in [0.2, 0.25) is 0 Å². The van der Waals surface area contributed by atoms with Crippen molar-refractivity contribution in [1.82, 2.24) is 0 Å². The van der Waals surface area contributed by atoms with Gasteiger partial charge in [-0.25, -0.2) is 0 Å². The largest absolute Gasteiger partial charge is 0.466 e. The number of ether oxygens (including phenoxy) is 2. The predicted molar refractivity (Wildman–Crippen MR) is 52.1 cm³/mol. The van der Waals surface area contributed by atoms with Gasteiger partial charge in [-0.1, -0.05) is 0 Å². The number of hydrogen-bond donors (Lipinski definition) is 0. The van der Waals surface area contributed by atoms with Crippen LogP contribution in [0, 0.1) is 5.92 Å². The van der Waals surface area contributed by atoms with Crippen LogP contribution in [0.25, 0.3) is 0 Å². The third kappa shape index (κ3) is 5.15. The van der Waals surface area contributed by atoms with Crippen LogP contribution in [0.3, 0.4) is 0 Å². The molecule has 0 aromatic rings. The first-order valence-corrected chi connectivity index (χ1v) is 4.85. The Morgan fingerprint density at radius 1 is 1.07 bits per heavy atom. The van der Waals surface area contributed by atoms with Crippen LogP contribution in [0.5, 0.6) is 0 Å². The smallest absolute Gasteiger partial charge is 0.317 e. The second-order valence-electron chi connectivity index (χ2n) is 2.92. The molecular formula is C10H16O5. The van der Waals surface area contributed by atoms with Crippen LogP contribution in [0.1, 0.15) is 27.2 Å². The van der Waals surface area contributed by atoms with Gasteiger partial charge in [-0.05, 0) is 20.8 Å². The standard InChI is InChI=1S/C10H16O5/c1-4-14-9(12)6-8(7(3)11)10(13)15-5-2/h8H,4-6H2,1-3H3/i3+1,6+1,7+1,8+1,9+1,10+1. The van der Waals surface area contributed by atoms with Gasteiger partial charge in [-0.2, -0.15) is 0 Å². The molecule has 0 fully saturated rings. The molecule has 0 bridgehead atoms. The fourth-order valence-electron chi connectivity index (χ4n) is 1.02. The lowest BCUT2D eigenvalue weighted by atomic mass is 10.9. The molecule has 86 valence electrons. The van der Waals surface area contributed by atoms with Gasteiger partial charge in [0.1, 0.15) is 11.7 Å². The van der Waals surface area contributed by atoms with E-state index in [2.05, 4.69) is 9.47 Å². The average Bonchev–Trinajstić information content (AvgIpc) is 2.14. The van der Waals surface area contributed by atoms with Crippen molar-refractivity contribution in [3.63, 3.8) is 0 Å². The monoisotopic (exact) mass is 222 g/mol. The Morgan fingerprint density at radius 2 is 1.60 bits per heavy atom. The summed E-state index contributed by atoms with van der Waals surface area (Å²) in [6, 6.07) is 0. The summed E-state index contributed by atoms with van der Waals surface area (Å²) in [5, 5.41) is 0. The van der Waals surface area contributed by atoms with E-state index >= 15 is 0 Å². The lowest BCUT2D eigenvalue weighted by molar-refractivity contribution is -0.157. The normalized spacial score (nSPS) is 11.7. The Bertz CT molecular complexity index is 246. The molecule has 0 saturated carbocycles. The van der Waals surface area contributed by atoms with E-state index in [1.807, 2.05) is 0 Å². The maximum Gasteiger partial charge on any atom is 0.317 e. The van der Waals surface area contributed by atoms with Crippen LogP contribution in [0.15, 0.2) is 0 Å². The molecule has 0 radical (unpaired) electrons. The third-order valence-electron chi connectivity index (χ3n) is 1.74. The van der Waals surface area contributed by atoms with Crippen molar-refractivity contribution in [2.75, 3.05) is 13.2 Å². The van der Waals surface area contributed by atoms with Gasteiger partial charge in [0.05, 0.1) is 19.6 Å². The molecule has 0 aromatic carbocycles. The highest BCUT2D eigenvalue weighted by atomic mass is 16.6. The summed E-state index contributed by atoms with van der Waals surface area (Å²) in [4.78, 5) is 33.4. The topological polar surface area (TPSA) is 69.7 Å². The Hall–Kier alpha value is -1.39. The minimum Gasteiger partial charge on any atom is -0.466 e. The van der Waals surface area contributed by atoms with E-state index in [0.29, 0.717) is 0 Å². The highest BCUT2D eigenvalue weighted by Gasteiger charge is 2.28. The van der Waals surface area contributed by atoms with Crippen molar-refractivity contribution >= 4 is 17.7 Å². The number of carbonyl (C=O) groups excluding carboxylic acids is 3. The number of esters is 2. The summed E-state index contributed by atoms with van der Waals surface area (Å²) >= 11 is 0. The van der Waals surface area contributed by atoms with Crippen molar-refractivity contribution in [3.05, 3.63) is 0 Å². The number of Topliss-reactive ketones (excluding diaryl/α,β-unsaturated/α-hetero) is 1. The molecule has 1 unspecified atom stereocenters. The van der Waals surface area contributed by atoms with Gasteiger partial charge in [-0.3, -0.25) is 14.4 Å². The Balaban J connectivity index is 4.34. The average molecular weight is 222 g/mol. The molecule has 15 heavy (non-hydrogen) atoms. The van der Waals surface area contributed by atoms with Crippen LogP contribution < -0.4 is 0 Å². The SMILES string of the molecule is CCO[13C](=O)[13CH2][13CH]([13C]([13CH3])=O)[13C](=O)OCC. The minimum atomic E-state index is -1.04. The van der Waals surface area contributed by atoms with Crippen molar-refractivity contribution in [2.45, 2.75) is 27.2 Å². The molecule has 0 rings (SSSR count). The number of carbonyl (C=O) groups is 3. The molecule has 0 saturated heterocycles.